The Morgan fingerprint density at radius 2 is 1.90 bits per heavy atom. The highest BCUT2D eigenvalue weighted by Gasteiger charge is 2.13. The summed E-state index contributed by atoms with van der Waals surface area (Å²) in [7, 11) is 0. The van der Waals surface area contributed by atoms with Crippen molar-refractivity contribution >= 4 is 45.8 Å². The van der Waals surface area contributed by atoms with Gasteiger partial charge in [0, 0.05) is 26.7 Å². The first-order valence-electron chi connectivity index (χ1n) is 6.28. The van der Waals surface area contributed by atoms with Crippen molar-refractivity contribution in [3.8, 4) is 0 Å². The number of aromatic nitrogens is 2. The average Bonchev–Trinajstić information content (AvgIpc) is 2.64. The zero-order chi connectivity index (χ0) is 15.6. The predicted octanol–water partition coefficient (Wildman–Crippen LogP) is 4.13. The summed E-state index contributed by atoms with van der Waals surface area (Å²) < 4.78 is 18.2. The lowest BCUT2D eigenvalue weighted by Crippen LogP contribution is -2.16. The Kier molecular flexibility index (Phi) is 4.93. The van der Waals surface area contributed by atoms with Crippen molar-refractivity contribution in [2.45, 2.75) is 20.8 Å². The van der Waals surface area contributed by atoms with Crippen LogP contribution in [-0.4, -0.2) is 19.8 Å². The lowest BCUT2D eigenvalue weighted by Gasteiger charge is -2.13. The molecule has 21 heavy (non-hydrogen) atoms. The predicted molar refractivity (Wildman–Crippen MR) is 86.9 cm³/mol. The third-order valence-corrected chi connectivity index (χ3v) is 3.57. The molecule has 0 aliphatic rings. The minimum atomic E-state index is -1.52. The van der Waals surface area contributed by atoms with Gasteiger partial charge in [0.15, 0.2) is 11.1 Å². The van der Waals surface area contributed by atoms with E-state index in [1.54, 1.807) is 18.2 Å². The van der Waals surface area contributed by atoms with E-state index in [2.05, 4.69) is 39.8 Å². The second-order valence-corrected chi connectivity index (χ2v) is 7.56. The fraction of sp³-hybridized carbons (Fsp3) is 0.385. The van der Waals surface area contributed by atoms with E-state index >= 15 is 0 Å². The molecule has 0 fully saturated rings. The Morgan fingerprint density at radius 1 is 1.29 bits per heavy atom. The standard InChI is InChI=1S/C13H16Cl2N4OS/c1-13(2,3)7-16-11-12(19-21(20)18-11)17-10-5-8(14)4-9(15)6-10/h4-6H,7H2,1-3H3,(H,16,18)(H,17,19). The minimum absolute atomic E-state index is 0.0310. The van der Waals surface area contributed by atoms with Crippen LogP contribution in [0.4, 0.5) is 11.5 Å². The molecule has 0 aliphatic heterocycles. The molecule has 114 valence electrons. The van der Waals surface area contributed by atoms with Crippen LogP contribution in [0, 0.1) is 5.41 Å². The number of benzene rings is 1. The molecule has 8 heteroatoms. The van der Waals surface area contributed by atoms with Crippen molar-refractivity contribution < 1.29 is 4.55 Å². The molecule has 0 bridgehead atoms. The molecule has 0 spiro atoms. The maximum Gasteiger partial charge on any atom is 0.236 e. The van der Waals surface area contributed by atoms with Crippen molar-refractivity contribution in [2.24, 2.45) is 10.4 Å². The molecule has 1 heterocycles. The maximum absolute atomic E-state index is 11.6. The van der Waals surface area contributed by atoms with E-state index in [4.69, 9.17) is 23.2 Å². The van der Waals surface area contributed by atoms with Gasteiger partial charge in [-0.15, -0.1) is 4.37 Å². The van der Waals surface area contributed by atoms with E-state index in [0.29, 0.717) is 33.6 Å². The van der Waals surface area contributed by atoms with E-state index in [9.17, 15) is 4.55 Å². The molecule has 1 atom stereocenters. The monoisotopic (exact) mass is 346 g/mol. The number of hydrogen-bond acceptors (Lipinski definition) is 4. The van der Waals surface area contributed by atoms with Gasteiger partial charge in [-0.3, -0.25) is 4.99 Å². The molecule has 2 aromatic rings. The summed E-state index contributed by atoms with van der Waals surface area (Å²) in [5.41, 5.74) is 1.17. The molecular formula is C13H16Cl2N4OS. The molecular weight excluding hydrogens is 331 g/mol. The summed E-state index contributed by atoms with van der Waals surface area (Å²) in [6.07, 6.45) is 0. The molecule has 1 aromatic heterocycles. The third-order valence-electron chi connectivity index (χ3n) is 2.42. The Labute approximate surface area is 136 Å². The fourth-order valence-corrected chi connectivity index (χ4v) is 2.74. The zero-order valence-electron chi connectivity index (χ0n) is 11.9. The minimum Gasteiger partial charge on any atom is -0.548 e. The Morgan fingerprint density at radius 3 is 2.48 bits per heavy atom. The second kappa shape index (κ2) is 6.36. The number of rotatable bonds is 3. The van der Waals surface area contributed by atoms with E-state index in [1.165, 1.54) is 0 Å². The first-order valence-corrected chi connectivity index (χ1v) is 8.14. The first-order chi connectivity index (χ1) is 9.73. The molecule has 0 aliphatic carbocycles. The quantitative estimate of drug-likeness (QED) is 0.820. The summed E-state index contributed by atoms with van der Waals surface area (Å²) in [6.45, 7) is 6.81. The van der Waals surface area contributed by atoms with E-state index in [0.717, 1.165) is 0 Å². The number of H-pyrrole nitrogens is 1. The fourth-order valence-electron chi connectivity index (χ4n) is 1.55. The van der Waals surface area contributed by atoms with Crippen molar-refractivity contribution in [3.63, 3.8) is 0 Å². The molecule has 1 aromatic carbocycles. The van der Waals surface area contributed by atoms with Gasteiger partial charge in [0.1, 0.15) is 0 Å². The SMILES string of the molecule is CC(C)(C)CN=c1[nH][s+]([O-])nc1Nc1cc(Cl)cc(Cl)c1. The smallest absolute Gasteiger partial charge is 0.236 e. The molecule has 2 rings (SSSR count). The summed E-state index contributed by atoms with van der Waals surface area (Å²) in [5, 5.41) is 4.04. The number of halogens is 2. The molecule has 0 saturated carbocycles. The van der Waals surface area contributed by atoms with Crippen LogP contribution in [0.5, 0.6) is 0 Å². The number of aromatic amines is 1. The topological polar surface area (TPSA) is 76.1 Å². The summed E-state index contributed by atoms with van der Waals surface area (Å²) >= 11 is 10.4. The lowest BCUT2D eigenvalue weighted by molar-refractivity contribution is 0.425. The Bertz CT molecular complexity index is 683. The molecule has 5 nitrogen and oxygen atoms in total. The van der Waals surface area contributed by atoms with Crippen LogP contribution >= 0.6 is 34.3 Å². The Hall–Kier alpha value is -1.08. The van der Waals surface area contributed by atoms with Crippen LogP contribution in [0.25, 0.3) is 0 Å². The number of hydrogen-bond donors (Lipinski definition) is 2. The highest BCUT2D eigenvalue weighted by Crippen LogP contribution is 2.24. The largest absolute Gasteiger partial charge is 0.548 e. The summed E-state index contributed by atoms with van der Waals surface area (Å²) in [6, 6.07) is 5.05. The average molecular weight is 347 g/mol. The Balaban J connectivity index is 2.32. The van der Waals surface area contributed by atoms with Gasteiger partial charge in [0.05, 0.1) is 0 Å². The van der Waals surface area contributed by atoms with Gasteiger partial charge >= 0.3 is 0 Å². The van der Waals surface area contributed by atoms with Gasteiger partial charge in [0.25, 0.3) is 0 Å². The van der Waals surface area contributed by atoms with Crippen LogP contribution < -0.4 is 10.8 Å². The summed E-state index contributed by atoms with van der Waals surface area (Å²) in [4.78, 5) is 4.42. The molecule has 1 unspecified atom stereocenters. The summed E-state index contributed by atoms with van der Waals surface area (Å²) in [5.74, 6) is 0.413. The highest BCUT2D eigenvalue weighted by molar-refractivity contribution is 7.13. The third kappa shape index (κ3) is 5.00. The molecule has 0 amide bonds. The van der Waals surface area contributed by atoms with Gasteiger partial charge < -0.3 is 9.87 Å². The van der Waals surface area contributed by atoms with Gasteiger partial charge in [-0.2, -0.15) is 0 Å². The zero-order valence-corrected chi connectivity index (χ0v) is 14.2. The van der Waals surface area contributed by atoms with Crippen LogP contribution in [0.15, 0.2) is 23.2 Å². The second-order valence-electron chi connectivity index (χ2n) is 5.80. The van der Waals surface area contributed by atoms with Crippen molar-refractivity contribution in [1.82, 2.24) is 8.75 Å². The normalized spacial score (nSPS) is 13.6. The van der Waals surface area contributed by atoms with Crippen molar-refractivity contribution in [2.75, 3.05) is 11.9 Å². The van der Waals surface area contributed by atoms with Crippen LogP contribution in [0.2, 0.25) is 10.0 Å². The van der Waals surface area contributed by atoms with Crippen LogP contribution in [-0.2, 0) is 0 Å². The highest BCUT2D eigenvalue weighted by atomic mass is 35.5. The van der Waals surface area contributed by atoms with Gasteiger partial charge in [0.2, 0.25) is 11.3 Å². The van der Waals surface area contributed by atoms with Gasteiger partial charge in [-0.25, -0.2) is 0 Å². The first kappa shape index (κ1) is 16.3. The van der Waals surface area contributed by atoms with E-state index in [1.807, 2.05) is 0 Å². The number of nitrogens with zero attached hydrogens (tertiary/aromatic N) is 2. The number of anilines is 2. The van der Waals surface area contributed by atoms with E-state index in [-0.39, 0.29) is 5.41 Å². The van der Waals surface area contributed by atoms with Crippen molar-refractivity contribution in [1.29, 1.82) is 0 Å². The maximum atomic E-state index is 11.6. The number of nitrogens with one attached hydrogen (secondary N) is 2. The van der Waals surface area contributed by atoms with E-state index < -0.39 is 11.1 Å². The van der Waals surface area contributed by atoms with Crippen LogP contribution in [0.3, 0.4) is 0 Å². The molecule has 0 radical (unpaired) electrons. The van der Waals surface area contributed by atoms with Gasteiger partial charge in [-0.1, -0.05) is 44.0 Å². The van der Waals surface area contributed by atoms with Crippen LogP contribution in [0.1, 0.15) is 20.8 Å². The lowest BCUT2D eigenvalue weighted by atomic mass is 9.97. The van der Waals surface area contributed by atoms with Crippen molar-refractivity contribution in [3.05, 3.63) is 33.7 Å². The molecule has 0 saturated heterocycles. The van der Waals surface area contributed by atoms with Gasteiger partial charge in [-0.05, 0) is 23.6 Å². The molecule has 2 N–H and O–H groups in total.